The highest BCUT2D eigenvalue weighted by atomic mass is 16.5. The Balaban J connectivity index is 2.92. The van der Waals surface area contributed by atoms with Crippen LogP contribution in [0.4, 0.5) is 0 Å². The molecule has 0 aliphatic carbocycles. The third-order valence-corrected chi connectivity index (χ3v) is 3.26. The number of aromatic hydroxyl groups is 1. The molecule has 0 aliphatic rings. The van der Waals surface area contributed by atoms with Gasteiger partial charge in [-0.1, -0.05) is 12.1 Å². The summed E-state index contributed by atoms with van der Waals surface area (Å²) in [6, 6.07) is 4.69. The number of methoxy groups -OCH3 is 1. The second kappa shape index (κ2) is 9.39. The minimum Gasteiger partial charge on any atom is -0.508 e. The number of phenolic OH excluding ortho intramolecular Hbond substituents is 1. The van der Waals surface area contributed by atoms with Crippen LogP contribution in [0.2, 0.25) is 0 Å². The average molecular weight is 334 g/mol. The summed E-state index contributed by atoms with van der Waals surface area (Å²) in [4.78, 5) is 23.0. The van der Waals surface area contributed by atoms with Gasteiger partial charge in [-0.05, 0) is 44.0 Å². The average Bonchev–Trinajstić information content (AvgIpc) is 2.54. The predicted molar refractivity (Wildman–Crippen MR) is 89.9 cm³/mol. The zero-order valence-corrected chi connectivity index (χ0v) is 14.0. The van der Waals surface area contributed by atoms with Crippen LogP contribution in [0.15, 0.2) is 35.6 Å². The van der Waals surface area contributed by atoms with E-state index in [4.69, 9.17) is 9.47 Å². The molecule has 1 aromatic carbocycles. The highest BCUT2D eigenvalue weighted by molar-refractivity contribution is 5.94. The van der Waals surface area contributed by atoms with E-state index in [9.17, 15) is 19.8 Å². The molecule has 1 rings (SSSR count). The zero-order chi connectivity index (χ0) is 18.1. The molecule has 0 aromatic heterocycles. The Morgan fingerprint density at radius 1 is 1.25 bits per heavy atom. The summed E-state index contributed by atoms with van der Waals surface area (Å²) in [5, 5.41) is 19.6. The van der Waals surface area contributed by atoms with E-state index in [0.29, 0.717) is 11.3 Å². The standard InChI is InChI=1S/C18H22O6/c1-4-24-18(22)10-7-14(12(2)19)15(20)8-5-13-6-9-16(21)17(11-13)23-3/h5-6,8-9,11,20-21H,4,7,10H2,1-3H3/b8-5+,15-14-. The quantitative estimate of drug-likeness (QED) is 0.328. The molecule has 24 heavy (non-hydrogen) atoms. The number of Topliss-reactive ketones (excluding diaryl/α,β-unsaturated/α-hetero) is 1. The number of carbonyl (C=O) groups is 2. The summed E-state index contributed by atoms with van der Waals surface area (Å²) in [7, 11) is 1.43. The molecule has 2 N–H and O–H groups in total. The second-order valence-electron chi connectivity index (χ2n) is 4.99. The van der Waals surface area contributed by atoms with Gasteiger partial charge >= 0.3 is 5.97 Å². The molecule has 0 amide bonds. The highest BCUT2D eigenvalue weighted by Crippen LogP contribution is 2.27. The van der Waals surface area contributed by atoms with E-state index in [0.717, 1.165) is 0 Å². The molecule has 0 radical (unpaired) electrons. The van der Waals surface area contributed by atoms with Gasteiger partial charge < -0.3 is 19.7 Å². The van der Waals surface area contributed by atoms with Crippen molar-refractivity contribution in [1.82, 2.24) is 0 Å². The number of ketones is 1. The smallest absolute Gasteiger partial charge is 0.306 e. The Hall–Kier alpha value is -2.76. The third-order valence-electron chi connectivity index (χ3n) is 3.26. The summed E-state index contributed by atoms with van der Waals surface area (Å²) in [6.45, 7) is 3.30. The molecule has 130 valence electrons. The van der Waals surface area contributed by atoms with Crippen molar-refractivity contribution in [2.24, 2.45) is 0 Å². The number of ether oxygens (including phenoxy) is 2. The largest absolute Gasteiger partial charge is 0.508 e. The maximum absolute atomic E-state index is 11.7. The first-order valence-electron chi connectivity index (χ1n) is 7.52. The first-order valence-corrected chi connectivity index (χ1v) is 7.52. The topological polar surface area (TPSA) is 93.1 Å². The Morgan fingerprint density at radius 3 is 2.54 bits per heavy atom. The molecule has 0 bridgehead atoms. The summed E-state index contributed by atoms with van der Waals surface area (Å²) >= 11 is 0. The van der Waals surface area contributed by atoms with Gasteiger partial charge in [0.05, 0.1) is 13.7 Å². The molecule has 6 heteroatoms. The van der Waals surface area contributed by atoms with Gasteiger partial charge in [-0.15, -0.1) is 0 Å². The van der Waals surface area contributed by atoms with E-state index >= 15 is 0 Å². The number of phenols is 1. The number of rotatable bonds is 8. The lowest BCUT2D eigenvalue weighted by Crippen LogP contribution is -2.08. The maximum atomic E-state index is 11.7. The summed E-state index contributed by atoms with van der Waals surface area (Å²) in [5.41, 5.74) is 0.828. The molecule has 0 saturated heterocycles. The lowest BCUT2D eigenvalue weighted by atomic mass is 10.0. The number of carbonyl (C=O) groups excluding carboxylic acids is 2. The monoisotopic (exact) mass is 334 g/mol. The van der Waals surface area contributed by atoms with Gasteiger partial charge in [-0.3, -0.25) is 9.59 Å². The van der Waals surface area contributed by atoms with Crippen molar-refractivity contribution < 1.29 is 29.3 Å². The number of aliphatic hydroxyl groups is 1. The normalized spacial score (nSPS) is 12.0. The zero-order valence-electron chi connectivity index (χ0n) is 14.0. The number of esters is 1. The fourth-order valence-electron chi connectivity index (χ4n) is 2.02. The van der Waals surface area contributed by atoms with Gasteiger partial charge in [0.25, 0.3) is 0 Å². The molecule has 0 atom stereocenters. The molecule has 0 heterocycles. The molecule has 0 spiro atoms. The Morgan fingerprint density at radius 2 is 1.96 bits per heavy atom. The molecule has 0 aliphatic heterocycles. The molecule has 0 unspecified atom stereocenters. The molecule has 0 saturated carbocycles. The van der Waals surface area contributed by atoms with Crippen LogP contribution in [0.25, 0.3) is 6.08 Å². The number of benzene rings is 1. The van der Waals surface area contributed by atoms with Crippen molar-refractivity contribution >= 4 is 17.8 Å². The van der Waals surface area contributed by atoms with E-state index in [-0.39, 0.29) is 42.3 Å². The highest BCUT2D eigenvalue weighted by Gasteiger charge is 2.12. The van der Waals surface area contributed by atoms with Crippen LogP contribution in [0.1, 0.15) is 32.3 Å². The van der Waals surface area contributed by atoms with Gasteiger partial charge in [-0.2, -0.15) is 0 Å². The minimum absolute atomic E-state index is 0.00766. The molecule has 1 aromatic rings. The van der Waals surface area contributed by atoms with E-state index < -0.39 is 5.97 Å². The molecular weight excluding hydrogens is 312 g/mol. The number of allylic oxidation sites excluding steroid dienone is 2. The maximum Gasteiger partial charge on any atom is 0.306 e. The first kappa shape index (κ1) is 19.3. The SMILES string of the molecule is CCOC(=O)CC/C(C(C)=O)=C(O)\C=C\c1ccc(O)c(OC)c1. The minimum atomic E-state index is -0.420. The molecule has 6 nitrogen and oxygen atoms in total. The number of hydrogen-bond acceptors (Lipinski definition) is 6. The van der Waals surface area contributed by atoms with Crippen molar-refractivity contribution in [2.45, 2.75) is 26.7 Å². The Bertz CT molecular complexity index is 657. The third kappa shape index (κ3) is 5.79. The lowest BCUT2D eigenvalue weighted by Gasteiger charge is -2.06. The number of aliphatic hydroxyl groups excluding tert-OH is 1. The summed E-state index contributed by atoms with van der Waals surface area (Å²) < 4.78 is 9.81. The van der Waals surface area contributed by atoms with E-state index in [2.05, 4.69) is 0 Å². The van der Waals surface area contributed by atoms with Crippen molar-refractivity contribution in [3.05, 3.63) is 41.2 Å². The van der Waals surface area contributed by atoms with Gasteiger partial charge in [-0.25, -0.2) is 0 Å². The van der Waals surface area contributed by atoms with Crippen LogP contribution < -0.4 is 4.74 Å². The van der Waals surface area contributed by atoms with Gasteiger partial charge in [0.1, 0.15) is 5.76 Å². The van der Waals surface area contributed by atoms with E-state index in [1.54, 1.807) is 25.1 Å². The summed E-state index contributed by atoms with van der Waals surface area (Å²) in [6.07, 6.45) is 3.06. The van der Waals surface area contributed by atoms with Crippen LogP contribution in [-0.4, -0.2) is 35.7 Å². The molecule has 0 fully saturated rings. The van der Waals surface area contributed by atoms with E-state index in [1.807, 2.05) is 0 Å². The Labute approximate surface area is 141 Å². The number of hydrogen-bond donors (Lipinski definition) is 2. The van der Waals surface area contributed by atoms with Crippen LogP contribution >= 0.6 is 0 Å². The Kier molecular flexibility index (Phi) is 7.55. The fraction of sp³-hybridized carbons (Fsp3) is 0.333. The van der Waals surface area contributed by atoms with Crippen LogP contribution in [0.5, 0.6) is 11.5 Å². The fourth-order valence-corrected chi connectivity index (χ4v) is 2.02. The predicted octanol–water partition coefficient (Wildman–Crippen LogP) is 3.16. The van der Waals surface area contributed by atoms with Crippen LogP contribution in [0, 0.1) is 0 Å². The van der Waals surface area contributed by atoms with Gasteiger partial charge in [0.2, 0.25) is 0 Å². The molecular formula is C18H22O6. The summed E-state index contributed by atoms with van der Waals surface area (Å²) in [5.74, 6) is -0.636. The van der Waals surface area contributed by atoms with E-state index in [1.165, 1.54) is 26.2 Å². The van der Waals surface area contributed by atoms with Crippen LogP contribution in [-0.2, 0) is 14.3 Å². The van der Waals surface area contributed by atoms with Crippen molar-refractivity contribution in [3.63, 3.8) is 0 Å². The van der Waals surface area contributed by atoms with Gasteiger partial charge in [0.15, 0.2) is 17.3 Å². The van der Waals surface area contributed by atoms with Gasteiger partial charge in [0, 0.05) is 12.0 Å². The lowest BCUT2D eigenvalue weighted by molar-refractivity contribution is -0.143. The van der Waals surface area contributed by atoms with Crippen molar-refractivity contribution in [1.29, 1.82) is 0 Å². The van der Waals surface area contributed by atoms with Crippen molar-refractivity contribution in [2.75, 3.05) is 13.7 Å². The van der Waals surface area contributed by atoms with Crippen LogP contribution in [0.3, 0.4) is 0 Å². The second-order valence-corrected chi connectivity index (χ2v) is 4.99. The van der Waals surface area contributed by atoms with Crippen molar-refractivity contribution in [3.8, 4) is 11.5 Å². The first-order chi connectivity index (χ1) is 11.4.